The van der Waals surface area contributed by atoms with Crippen molar-refractivity contribution in [1.29, 1.82) is 0 Å². The van der Waals surface area contributed by atoms with Crippen LogP contribution in [0.25, 0.3) is 0 Å². The van der Waals surface area contributed by atoms with Crippen LogP contribution in [0, 0.1) is 0 Å². The third-order valence-corrected chi connectivity index (χ3v) is 3.35. The first-order chi connectivity index (χ1) is 6.22. The highest BCUT2D eigenvalue weighted by atomic mass is 16.5. The highest BCUT2D eigenvalue weighted by Crippen LogP contribution is 2.26. The van der Waals surface area contributed by atoms with Crippen LogP contribution in [0.2, 0.25) is 0 Å². The number of hydrogen-bond acceptors (Lipinski definition) is 3. The van der Waals surface area contributed by atoms with Crippen molar-refractivity contribution < 1.29 is 4.74 Å². The predicted molar refractivity (Wildman–Crippen MR) is 52.6 cm³/mol. The van der Waals surface area contributed by atoms with Crippen molar-refractivity contribution in [3.8, 4) is 0 Å². The van der Waals surface area contributed by atoms with Crippen LogP contribution in [0.15, 0.2) is 0 Å². The molecule has 2 aliphatic rings. The molecule has 3 heteroatoms. The molecule has 0 aromatic heterocycles. The zero-order valence-electron chi connectivity index (χ0n) is 8.68. The minimum atomic E-state index is 0.337. The first-order valence-electron chi connectivity index (χ1n) is 5.29. The van der Waals surface area contributed by atoms with Gasteiger partial charge in [0.25, 0.3) is 0 Å². The molecule has 0 aromatic carbocycles. The largest absolute Gasteiger partial charge is 0.364 e. The molecule has 1 N–H and O–H groups in total. The van der Waals surface area contributed by atoms with Crippen molar-refractivity contribution in [2.24, 2.45) is 0 Å². The monoisotopic (exact) mass is 184 g/mol. The summed E-state index contributed by atoms with van der Waals surface area (Å²) in [7, 11) is 0. The summed E-state index contributed by atoms with van der Waals surface area (Å²) in [6, 6.07) is 0.607. The van der Waals surface area contributed by atoms with E-state index in [0.717, 1.165) is 13.3 Å². The number of nitrogens with one attached hydrogen (secondary N) is 1. The Bertz CT molecular complexity index is 178. The van der Waals surface area contributed by atoms with Crippen molar-refractivity contribution in [2.75, 3.05) is 26.4 Å². The Kier molecular flexibility index (Phi) is 2.58. The summed E-state index contributed by atoms with van der Waals surface area (Å²) in [5, 5.41) is 3.51. The van der Waals surface area contributed by atoms with E-state index in [2.05, 4.69) is 24.1 Å². The van der Waals surface area contributed by atoms with Crippen molar-refractivity contribution in [2.45, 2.75) is 38.3 Å². The zero-order chi connectivity index (χ0) is 9.31. The van der Waals surface area contributed by atoms with Gasteiger partial charge in [-0.25, -0.2) is 0 Å². The van der Waals surface area contributed by atoms with Crippen molar-refractivity contribution in [3.05, 3.63) is 0 Å². The molecule has 2 aliphatic heterocycles. The summed E-state index contributed by atoms with van der Waals surface area (Å²) in [5.41, 5.74) is 0.337. The number of hydrogen-bond donors (Lipinski definition) is 1. The van der Waals surface area contributed by atoms with Gasteiger partial charge in [-0.15, -0.1) is 0 Å². The second kappa shape index (κ2) is 3.56. The fourth-order valence-corrected chi connectivity index (χ4v) is 2.08. The smallest absolute Gasteiger partial charge is 0.0993 e. The maximum absolute atomic E-state index is 5.69. The molecule has 2 fully saturated rings. The average molecular weight is 184 g/mol. The van der Waals surface area contributed by atoms with E-state index >= 15 is 0 Å². The molecule has 2 saturated heterocycles. The van der Waals surface area contributed by atoms with Crippen LogP contribution in [0.1, 0.15) is 26.7 Å². The molecule has 76 valence electrons. The van der Waals surface area contributed by atoms with Gasteiger partial charge in [-0.3, -0.25) is 4.90 Å². The van der Waals surface area contributed by atoms with Gasteiger partial charge in [0.2, 0.25) is 0 Å². The standard InChI is InChI=1S/C10H20N2O/c1-9(2)12-6-4-10(3-5-11-10)7-13-8-12/h9,11H,3-8H2,1-2H3/t10-/m0/s1. The van der Waals surface area contributed by atoms with Gasteiger partial charge in [0.15, 0.2) is 0 Å². The van der Waals surface area contributed by atoms with Gasteiger partial charge in [0.05, 0.1) is 13.3 Å². The van der Waals surface area contributed by atoms with Gasteiger partial charge in [0.1, 0.15) is 0 Å². The summed E-state index contributed by atoms with van der Waals surface area (Å²) >= 11 is 0. The lowest BCUT2D eigenvalue weighted by Crippen LogP contribution is -2.59. The van der Waals surface area contributed by atoms with E-state index in [-0.39, 0.29) is 0 Å². The maximum atomic E-state index is 5.69. The molecule has 0 bridgehead atoms. The molecule has 0 radical (unpaired) electrons. The maximum Gasteiger partial charge on any atom is 0.0993 e. The van der Waals surface area contributed by atoms with Crippen molar-refractivity contribution in [1.82, 2.24) is 10.2 Å². The predicted octanol–water partition coefficient (Wildman–Crippen LogP) is 0.807. The minimum Gasteiger partial charge on any atom is -0.364 e. The Hall–Kier alpha value is -0.120. The van der Waals surface area contributed by atoms with Crippen LogP contribution in [-0.4, -0.2) is 42.9 Å². The number of nitrogens with zero attached hydrogens (tertiary/aromatic N) is 1. The lowest BCUT2D eigenvalue weighted by atomic mass is 9.85. The Morgan fingerprint density at radius 2 is 2.15 bits per heavy atom. The van der Waals surface area contributed by atoms with Gasteiger partial charge < -0.3 is 10.1 Å². The van der Waals surface area contributed by atoms with Gasteiger partial charge >= 0.3 is 0 Å². The second-order valence-electron chi connectivity index (χ2n) is 4.59. The molecule has 2 heterocycles. The van der Waals surface area contributed by atoms with Gasteiger partial charge in [0, 0.05) is 18.1 Å². The van der Waals surface area contributed by atoms with Crippen LogP contribution in [0.5, 0.6) is 0 Å². The Morgan fingerprint density at radius 1 is 1.38 bits per heavy atom. The Balaban J connectivity index is 1.90. The van der Waals surface area contributed by atoms with Crippen LogP contribution in [-0.2, 0) is 4.74 Å². The SMILES string of the molecule is CC(C)N1CC[C@@]2(CCN2)COC1. The van der Waals surface area contributed by atoms with Gasteiger partial charge in [-0.1, -0.05) is 0 Å². The summed E-state index contributed by atoms with van der Waals surface area (Å²) < 4.78 is 5.69. The second-order valence-corrected chi connectivity index (χ2v) is 4.59. The van der Waals surface area contributed by atoms with E-state index in [1.54, 1.807) is 0 Å². The number of rotatable bonds is 1. The van der Waals surface area contributed by atoms with E-state index in [0.29, 0.717) is 11.6 Å². The lowest BCUT2D eigenvalue weighted by Gasteiger charge is -2.42. The van der Waals surface area contributed by atoms with Gasteiger partial charge in [-0.05, 0) is 33.2 Å². The molecule has 0 saturated carbocycles. The highest BCUT2D eigenvalue weighted by molar-refractivity contribution is 4.98. The van der Waals surface area contributed by atoms with Crippen LogP contribution in [0.4, 0.5) is 0 Å². The van der Waals surface area contributed by atoms with E-state index in [9.17, 15) is 0 Å². The van der Waals surface area contributed by atoms with Crippen LogP contribution >= 0.6 is 0 Å². The molecule has 0 aliphatic carbocycles. The van der Waals surface area contributed by atoms with Crippen molar-refractivity contribution >= 4 is 0 Å². The Labute approximate surface area is 80.4 Å². The highest BCUT2D eigenvalue weighted by Gasteiger charge is 2.38. The molecule has 0 amide bonds. The molecule has 0 aromatic rings. The normalized spacial score (nSPS) is 36.2. The molecular weight excluding hydrogens is 164 g/mol. The van der Waals surface area contributed by atoms with Crippen LogP contribution < -0.4 is 5.32 Å². The summed E-state index contributed by atoms with van der Waals surface area (Å²) in [5.74, 6) is 0. The molecule has 0 unspecified atom stereocenters. The van der Waals surface area contributed by atoms with E-state index in [1.165, 1.54) is 25.9 Å². The van der Waals surface area contributed by atoms with E-state index < -0.39 is 0 Å². The quantitative estimate of drug-likeness (QED) is 0.652. The summed E-state index contributed by atoms with van der Waals surface area (Å²) in [6.45, 7) is 8.51. The third-order valence-electron chi connectivity index (χ3n) is 3.35. The van der Waals surface area contributed by atoms with Crippen molar-refractivity contribution in [3.63, 3.8) is 0 Å². The first kappa shape index (κ1) is 9.44. The fraction of sp³-hybridized carbons (Fsp3) is 1.00. The minimum absolute atomic E-state index is 0.337. The molecule has 3 nitrogen and oxygen atoms in total. The zero-order valence-corrected chi connectivity index (χ0v) is 8.68. The van der Waals surface area contributed by atoms with E-state index in [1.807, 2.05) is 0 Å². The molecule has 13 heavy (non-hydrogen) atoms. The lowest BCUT2D eigenvalue weighted by molar-refractivity contribution is 0.00440. The van der Waals surface area contributed by atoms with Crippen LogP contribution in [0.3, 0.4) is 0 Å². The van der Waals surface area contributed by atoms with E-state index in [4.69, 9.17) is 4.74 Å². The molecular formula is C10H20N2O. The summed E-state index contributed by atoms with van der Waals surface area (Å²) in [6.07, 6.45) is 2.53. The molecule has 1 atom stereocenters. The average Bonchev–Trinajstić information content (AvgIpc) is 2.24. The Morgan fingerprint density at radius 3 is 2.69 bits per heavy atom. The summed E-state index contributed by atoms with van der Waals surface area (Å²) in [4.78, 5) is 2.40. The topological polar surface area (TPSA) is 24.5 Å². The molecule has 1 spiro atoms. The number of ether oxygens (including phenoxy) is 1. The first-order valence-corrected chi connectivity index (χ1v) is 5.29. The van der Waals surface area contributed by atoms with Gasteiger partial charge in [-0.2, -0.15) is 0 Å². The molecule has 2 rings (SSSR count). The third kappa shape index (κ3) is 1.87. The fourth-order valence-electron chi connectivity index (χ4n) is 2.08.